The van der Waals surface area contributed by atoms with Gasteiger partial charge < -0.3 is 26.1 Å². The zero-order valence-corrected chi connectivity index (χ0v) is 10.7. The van der Waals surface area contributed by atoms with Crippen molar-refractivity contribution in [2.75, 3.05) is 26.2 Å². The highest BCUT2D eigenvalue weighted by Gasteiger charge is 2.39. The van der Waals surface area contributed by atoms with Gasteiger partial charge in [0.1, 0.15) is 12.4 Å². The van der Waals surface area contributed by atoms with Gasteiger partial charge >= 0.3 is 0 Å². The molecule has 0 bridgehead atoms. The Balaban J connectivity index is 1.92. The molecule has 1 spiro atoms. The summed E-state index contributed by atoms with van der Waals surface area (Å²) in [6, 6.07) is 0. The Morgan fingerprint density at radius 2 is 2.22 bits per heavy atom. The molecule has 6 nitrogen and oxygen atoms in total. The first kappa shape index (κ1) is 12.9. The number of carbonyl (C=O) groups is 1. The number of rotatable bonds is 2. The van der Waals surface area contributed by atoms with Crippen LogP contribution in [-0.4, -0.2) is 48.4 Å². The molecule has 2 heterocycles. The molecule has 2 rings (SSSR count). The Bertz CT molecular complexity index is 372. The average molecular weight is 252 g/mol. The molecular weight excluding hydrogens is 232 g/mol. The summed E-state index contributed by atoms with van der Waals surface area (Å²) in [6.45, 7) is 4.05. The number of carbonyl (C=O) groups excluding carboxylic acids is 1. The van der Waals surface area contributed by atoms with Crippen molar-refractivity contribution in [1.29, 1.82) is 5.41 Å². The molecular formula is C12H20N4O2. The first-order valence-corrected chi connectivity index (χ1v) is 6.19. The molecule has 0 unspecified atom stereocenters. The molecule has 100 valence electrons. The molecule has 0 radical (unpaired) electrons. The van der Waals surface area contributed by atoms with Crippen molar-refractivity contribution in [2.45, 2.75) is 25.4 Å². The van der Waals surface area contributed by atoms with Crippen molar-refractivity contribution in [1.82, 2.24) is 10.2 Å². The van der Waals surface area contributed by atoms with Gasteiger partial charge in [0.05, 0.1) is 5.60 Å². The second kappa shape index (κ2) is 4.97. The largest absolute Gasteiger partial charge is 0.385 e. The average Bonchev–Trinajstić information content (AvgIpc) is 2.33. The van der Waals surface area contributed by atoms with Gasteiger partial charge in [-0.05, 0) is 25.8 Å². The summed E-state index contributed by atoms with van der Waals surface area (Å²) in [7, 11) is 0. The number of amides is 1. The van der Waals surface area contributed by atoms with E-state index < -0.39 is 0 Å². The maximum absolute atomic E-state index is 11.1. The van der Waals surface area contributed by atoms with Crippen LogP contribution in [-0.2, 0) is 9.53 Å². The van der Waals surface area contributed by atoms with E-state index in [2.05, 4.69) is 10.2 Å². The van der Waals surface area contributed by atoms with Gasteiger partial charge in [-0.25, -0.2) is 0 Å². The van der Waals surface area contributed by atoms with Crippen molar-refractivity contribution in [3.63, 3.8) is 0 Å². The zero-order valence-electron chi connectivity index (χ0n) is 10.7. The Morgan fingerprint density at radius 3 is 2.72 bits per heavy atom. The number of allylic oxidation sites excluding steroid dienone is 1. The second-order valence-electron chi connectivity index (χ2n) is 4.99. The third-order valence-corrected chi connectivity index (χ3v) is 3.52. The van der Waals surface area contributed by atoms with Crippen molar-refractivity contribution in [3.05, 3.63) is 11.9 Å². The Hall–Kier alpha value is -1.56. The molecule has 0 aromatic heterocycles. The third-order valence-electron chi connectivity index (χ3n) is 3.52. The predicted molar refractivity (Wildman–Crippen MR) is 68.2 cm³/mol. The number of piperidine rings is 1. The molecule has 2 aliphatic rings. The van der Waals surface area contributed by atoms with E-state index in [9.17, 15) is 4.79 Å². The Labute approximate surface area is 107 Å². The molecule has 0 aromatic rings. The number of nitrogens with zero attached hydrogens (tertiary/aromatic N) is 1. The summed E-state index contributed by atoms with van der Waals surface area (Å²) in [5, 5.41) is 10.3. The van der Waals surface area contributed by atoms with Crippen molar-refractivity contribution in [2.24, 2.45) is 5.73 Å². The molecule has 2 fully saturated rings. The first-order chi connectivity index (χ1) is 8.51. The number of hydrogen-bond acceptors (Lipinski definition) is 5. The highest BCUT2D eigenvalue weighted by Crippen LogP contribution is 2.28. The number of nitrogens with two attached hydrogens (primary N) is 1. The summed E-state index contributed by atoms with van der Waals surface area (Å²) in [6.07, 6.45) is 3.36. The molecule has 0 aromatic carbocycles. The summed E-state index contributed by atoms with van der Waals surface area (Å²) >= 11 is 0. The van der Waals surface area contributed by atoms with Crippen molar-refractivity contribution < 1.29 is 9.53 Å². The Morgan fingerprint density at radius 1 is 1.56 bits per heavy atom. The van der Waals surface area contributed by atoms with Gasteiger partial charge in [-0.15, -0.1) is 0 Å². The van der Waals surface area contributed by atoms with E-state index in [0.717, 1.165) is 25.9 Å². The van der Waals surface area contributed by atoms with Crippen LogP contribution < -0.4 is 11.1 Å². The summed E-state index contributed by atoms with van der Waals surface area (Å²) in [5.74, 6) is 0.596. The summed E-state index contributed by atoms with van der Waals surface area (Å²) < 4.78 is 5.69. The van der Waals surface area contributed by atoms with E-state index in [1.165, 1.54) is 0 Å². The molecule has 18 heavy (non-hydrogen) atoms. The van der Waals surface area contributed by atoms with Gasteiger partial charge in [0.25, 0.3) is 0 Å². The topological polar surface area (TPSA) is 91.4 Å². The number of morpholine rings is 1. The highest BCUT2D eigenvalue weighted by molar-refractivity contribution is 5.90. The van der Waals surface area contributed by atoms with E-state index in [1.807, 2.05) is 0 Å². The molecule has 2 saturated heterocycles. The fourth-order valence-electron chi connectivity index (χ4n) is 2.39. The van der Waals surface area contributed by atoms with Crippen LogP contribution in [0.2, 0.25) is 0 Å². The maximum atomic E-state index is 11.1. The summed E-state index contributed by atoms with van der Waals surface area (Å²) in [4.78, 5) is 13.1. The van der Waals surface area contributed by atoms with E-state index in [4.69, 9.17) is 15.9 Å². The minimum absolute atomic E-state index is 0.0399. The van der Waals surface area contributed by atoms with E-state index in [1.54, 1.807) is 13.0 Å². The van der Waals surface area contributed by atoms with Crippen LogP contribution in [0.15, 0.2) is 11.9 Å². The lowest BCUT2D eigenvalue weighted by atomic mass is 9.90. The zero-order chi connectivity index (χ0) is 13.2. The van der Waals surface area contributed by atoms with Crippen LogP contribution in [0, 0.1) is 5.41 Å². The van der Waals surface area contributed by atoms with Gasteiger partial charge in [-0.3, -0.25) is 4.79 Å². The number of ether oxygens (including phenoxy) is 1. The molecule has 1 amide bonds. The minimum Gasteiger partial charge on any atom is -0.385 e. The van der Waals surface area contributed by atoms with Crippen LogP contribution in [0.1, 0.15) is 19.8 Å². The quantitative estimate of drug-likeness (QED) is 0.594. The van der Waals surface area contributed by atoms with Gasteiger partial charge in [-0.1, -0.05) is 0 Å². The molecule has 0 atom stereocenters. The van der Waals surface area contributed by atoms with E-state index in [0.29, 0.717) is 18.1 Å². The van der Waals surface area contributed by atoms with E-state index in [-0.39, 0.29) is 18.1 Å². The predicted octanol–water partition coefficient (Wildman–Crippen LogP) is -0.193. The van der Waals surface area contributed by atoms with Gasteiger partial charge in [0.2, 0.25) is 5.91 Å². The minimum atomic E-state index is -0.218. The van der Waals surface area contributed by atoms with Crippen LogP contribution >= 0.6 is 0 Å². The van der Waals surface area contributed by atoms with Crippen molar-refractivity contribution >= 4 is 11.6 Å². The van der Waals surface area contributed by atoms with Crippen molar-refractivity contribution in [3.8, 4) is 0 Å². The number of hydrogen-bond donors (Lipinski definition) is 3. The molecule has 6 heteroatoms. The lowest BCUT2D eigenvalue weighted by molar-refractivity contribution is -0.149. The maximum Gasteiger partial charge on any atom is 0.246 e. The molecule has 0 aliphatic carbocycles. The van der Waals surface area contributed by atoms with Crippen LogP contribution in [0.4, 0.5) is 0 Å². The van der Waals surface area contributed by atoms with Gasteiger partial charge in [0.15, 0.2) is 0 Å². The highest BCUT2D eigenvalue weighted by atomic mass is 16.5. The molecule has 4 N–H and O–H groups in total. The van der Waals surface area contributed by atoms with E-state index >= 15 is 0 Å². The summed E-state index contributed by atoms with van der Waals surface area (Å²) in [5.41, 5.74) is 6.16. The van der Waals surface area contributed by atoms with Gasteiger partial charge in [0, 0.05) is 25.3 Å². The fraction of sp³-hybridized carbons (Fsp3) is 0.667. The smallest absolute Gasteiger partial charge is 0.246 e. The Kier molecular flexibility index (Phi) is 3.56. The fourth-order valence-corrected chi connectivity index (χ4v) is 2.39. The lowest BCUT2D eigenvalue weighted by Crippen LogP contribution is -2.57. The molecule has 0 saturated carbocycles. The normalized spacial score (nSPS) is 23.9. The monoisotopic (exact) mass is 252 g/mol. The molecule has 2 aliphatic heterocycles. The van der Waals surface area contributed by atoms with Crippen LogP contribution in [0.25, 0.3) is 0 Å². The first-order valence-electron chi connectivity index (χ1n) is 6.19. The van der Waals surface area contributed by atoms with Crippen LogP contribution in [0.5, 0.6) is 0 Å². The van der Waals surface area contributed by atoms with Gasteiger partial charge in [-0.2, -0.15) is 0 Å². The second-order valence-corrected chi connectivity index (χ2v) is 4.99. The standard InChI is InChI=1S/C12H20N4O2/c1-9(13)6-10(14)16-4-2-12(3-5-16)8-15-11(17)7-18-12/h6,13H,2-5,7-8,14H2,1H3,(H,15,17)/b10-6+,13-9?. The number of likely N-dealkylation sites (tertiary alicyclic amines) is 1. The lowest BCUT2D eigenvalue weighted by Gasteiger charge is -2.44. The SMILES string of the molecule is CC(=N)/C=C(\N)N1CCC2(CC1)CNC(=O)CO2. The van der Waals surface area contributed by atoms with Crippen LogP contribution in [0.3, 0.4) is 0 Å². The third kappa shape index (κ3) is 2.81. The number of nitrogens with one attached hydrogen (secondary N) is 2.